The van der Waals surface area contributed by atoms with E-state index in [0.29, 0.717) is 23.9 Å². The number of aromatic nitrogens is 2. The minimum Gasteiger partial charge on any atom is -0.481 e. The highest BCUT2D eigenvalue weighted by Gasteiger charge is 2.24. The van der Waals surface area contributed by atoms with Gasteiger partial charge in [0.15, 0.2) is 6.10 Å². The first kappa shape index (κ1) is 20.3. The van der Waals surface area contributed by atoms with Crippen molar-refractivity contribution in [3.8, 4) is 5.75 Å². The van der Waals surface area contributed by atoms with Crippen LogP contribution in [0, 0.1) is 13.8 Å². The first-order chi connectivity index (χ1) is 12.3. The number of aromatic amines is 1. The molecule has 0 fully saturated rings. The van der Waals surface area contributed by atoms with E-state index in [0.717, 1.165) is 23.5 Å². The van der Waals surface area contributed by atoms with E-state index in [1.54, 1.807) is 30.3 Å². The Morgan fingerprint density at radius 3 is 2.62 bits per heavy atom. The molecule has 1 atom stereocenters. The lowest BCUT2D eigenvalue weighted by molar-refractivity contribution is -0.138. The number of aryl methyl sites for hydroxylation is 2. The van der Waals surface area contributed by atoms with Gasteiger partial charge in [-0.3, -0.25) is 4.79 Å². The van der Waals surface area contributed by atoms with Gasteiger partial charge in [0.05, 0.1) is 18.6 Å². The molecule has 26 heavy (non-hydrogen) atoms. The molecule has 142 valence electrons. The van der Waals surface area contributed by atoms with Gasteiger partial charge < -0.3 is 19.5 Å². The fourth-order valence-corrected chi connectivity index (χ4v) is 2.78. The van der Waals surface area contributed by atoms with Crippen LogP contribution in [0.1, 0.15) is 23.9 Å². The molecule has 1 aromatic heterocycles. The number of hydrogen-bond donors (Lipinski definition) is 1. The SMILES string of the molecule is Cc1cc(Cl)ccc1OC(C)C(=O)N(CCN(C)C)Cc1nc[nH]c1C. The summed E-state index contributed by atoms with van der Waals surface area (Å²) in [4.78, 5) is 24.2. The number of amides is 1. The smallest absolute Gasteiger partial charge is 0.263 e. The van der Waals surface area contributed by atoms with E-state index in [4.69, 9.17) is 16.3 Å². The fraction of sp³-hybridized carbons (Fsp3) is 0.474. The second-order valence-electron chi connectivity index (χ2n) is 6.71. The van der Waals surface area contributed by atoms with Gasteiger partial charge in [0.25, 0.3) is 5.91 Å². The number of benzene rings is 1. The Morgan fingerprint density at radius 1 is 1.31 bits per heavy atom. The molecule has 2 aromatic rings. The molecule has 0 aliphatic rings. The number of carbonyl (C=O) groups excluding carboxylic acids is 1. The number of imidazole rings is 1. The molecule has 2 rings (SSSR count). The number of likely N-dealkylation sites (N-methyl/N-ethyl adjacent to an activating group) is 1. The maximum absolute atomic E-state index is 13.0. The summed E-state index contributed by atoms with van der Waals surface area (Å²) in [7, 11) is 3.97. The number of hydrogen-bond acceptors (Lipinski definition) is 4. The number of halogens is 1. The minimum absolute atomic E-state index is 0.0661. The molecule has 0 radical (unpaired) electrons. The van der Waals surface area contributed by atoms with Crippen molar-refractivity contribution in [3.63, 3.8) is 0 Å². The van der Waals surface area contributed by atoms with Crippen LogP contribution in [0.2, 0.25) is 5.02 Å². The van der Waals surface area contributed by atoms with Crippen molar-refractivity contribution in [3.05, 3.63) is 46.5 Å². The summed E-state index contributed by atoms with van der Waals surface area (Å²) >= 11 is 5.99. The Hall–Kier alpha value is -2.05. The van der Waals surface area contributed by atoms with Gasteiger partial charge in [0, 0.05) is 23.8 Å². The topological polar surface area (TPSA) is 61.5 Å². The number of nitrogens with zero attached hydrogens (tertiary/aromatic N) is 3. The zero-order chi connectivity index (χ0) is 19.3. The molecule has 1 amide bonds. The largest absolute Gasteiger partial charge is 0.481 e. The van der Waals surface area contributed by atoms with Crippen molar-refractivity contribution in [2.45, 2.75) is 33.4 Å². The van der Waals surface area contributed by atoms with Crippen LogP contribution in [-0.4, -0.2) is 59.0 Å². The van der Waals surface area contributed by atoms with Gasteiger partial charge in [0.2, 0.25) is 0 Å². The summed E-state index contributed by atoms with van der Waals surface area (Å²) < 4.78 is 5.91. The lowest BCUT2D eigenvalue weighted by Crippen LogP contribution is -2.43. The van der Waals surface area contributed by atoms with Crippen LogP contribution < -0.4 is 4.74 Å². The van der Waals surface area contributed by atoms with E-state index in [-0.39, 0.29) is 5.91 Å². The lowest BCUT2D eigenvalue weighted by atomic mass is 10.2. The fourth-order valence-electron chi connectivity index (χ4n) is 2.56. The van der Waals surface area contributed by atoms with Crippen molar-refractivity contribution in [1.29, 1.82) is 0 Å². The van der Waals surface area contributed by atoms with Crippen molar-refractivity contribution < 1.29 is 9.53 Å². The summed E-state index contributed by atoms with van der Waals surface area (Å²) in [6.45, 7) is 7.46. The average Bonchev–Trinajstić information content (AvgIpc) is 2.98. The predicted octanol–water partition coefficient (Wildman–Crippen LogP) is 3.04. The molecule has 0 saturated carbocycles. The highest BCUT2D eigenvalue weighted by atomic mass is 35.5. The molecule has 0 saturated heterocycles. The van der Waals surface area contributed by atoms with Gasteiger partial charge in [-0.15, -0.1) is 0 Å². The normalized spacial score (nSPS) is 12.3. The van der Waals surface area contributed by atoms with Crippen molar-refractivity contribution >= 4 is 17.5 Å². The summed E-state index contributed by atoms with van der Waals surface area (Å²) in [5.74, 6) is 0.599. The number of carbonyl (C=O) groups is 1. The third kappa shape index (κ3) is 5.47. The average molecular weight is 379 g/mol. The zero-order valence-corrected chi connectivity index (χ0v) is 16.8. The summed E-state index contributed by atoms with van der Waals surface area (Å²) in [6, 6.07) is 5.38. The maximum atomic E-state index is 13.0. The predicted molar refractivity (Wildman–Crippen MR) is 104 cm³/mol. The number of nitrogens with one attached hydrogen (secondary N) is 1. The molecular formula is C19H27ClN4O2. The molecule has 1 aromatic carbocycles. The molecule has 7 heteroatoms. The standard InChI is InChI=1S/C19H27ClN4O2/c1-13-10-16(20)6-7-18(13)26-15(3)19(25)24(9-8-23(4)5)11-17-14(2)21-12-22-17/h6-7,10,12,15H,8-9,11H2,1-5H3,(H,21,22). The third-order valence-corrected chi connectivity index (χ3v) is 4.43. The first-order valence-corrected chi connectivity index (χ1v) is 9.01. The van der Waals surface area contributed by atoms with E-state index in [2.05, 4.69) is 9.97 Å². The van der Waals surface area contributed by atoms with Crippen LogP contribution in [0.4, 0.5) is 0 Å². The monoisotopic (exact) mass is 378 g/mol. The van der Waals surface area contributed by atoms with Gasteiger partial charge in [0.1, 0.15) is 5.75 Å². The second-order valence-corrected chi connectivity index (χ2v) is 7.14. The van der Waals surface area contributed by atoms with Crippen LogP contribution >= 0.6 is 11.6 Å². The lowest BCUT2D eigenvalue weighted by Gasteiger charge is -2.27. The number of rotatable bonds is 8. The third-order valence-electron chi connectivity index (χ3n) is 4.19. The van der Waals surface area contributed by atoms with Crippen LogP contribution in [0.3, 0.4) is 0 Å². The Balaban J connectivity index is 2.11. The molecule has 0 spiro atoms. The molecular weight excluding hydrogens is 352 g/mol. The molecule has 1 unspecified atom stereocenters. The van der Waals surface area contributed by atoms with Crippen LogP contribution in [0.15, 0.2) is 24.5 Å². The van der Waals surface area contributed by atoms with Crippen LogP contribution in [-0.2, 0) is 11.3 Å². The van der Waals surface area contributed by atoms with Gasteiger partial charge in [-0.1, -0.05) is 11.6 Å². The quantitative estimate of drug-likeness (QED) is 0.767. The summed E-state index contributed by atoms with van der Waals surface area (Å²) in [5.41, 5.74) is 2.74. The Morgan fingerprint density at radius 2 is 2.04 bits per heavy atom. The molecule has 1 heterocycles. The minimum atomic E-state index is -0.601. The van der Waals surface area contributed by atoms with Gasteiger partial charge in [-0.25, -0.2) is 4.98 Å². The van der Waals surface area contributed by atoms with E-state index in [1.165, 1.54) is 0 Å². The highest BCUT2D eigenvalue weighted by Crippen LogP contribution is 2.23. The van der Waals surface area contributed by atoms with Crippen LogP contribution in [0.5, 0.6) is 5.75 Å². The van der Waals surface area contributed by atoms with Crippen molar-refractivity contribution in [2.24, 2.45) is 0 Å². The van der Waals surface area contributed by atoms with E-state index >= 15 is 0 Å². The van der Waals surface area contributed by atoms with Crippen LogP contribution in [0.25, 0.3) is 0 Å². The molecule has 1 N–H and O–H groups in total. The molecule has 0 bridgehead atoms. The Labute approximate surface area is 160 Å². The molecule has 0 aliphatic carbocycles. The van der Waals surface area contributed by atoms with E-state index in [9.17, 15) is 4.79 Å². The zero-order valence-electron chi connectivity index (χ0n) is 16.0. The van der Waals surface area contributed by atoms with E-state index in [1.807, 2.05) is 38.9 Å². The van der Waals surface area contributed by atoms with Gasteiger partial charge in [-0.2, -0.15) is 0 Å². The van der Waals surface area contributed by atoms with E-state index < -0.39 is 6.10 Å². The number of H-pyrrole nitrogens is 1. The highest BCUT2D eigenvalue weighted by molar-refractivity contribution is 6.30. The van der Waals surface area contributed by atoms with Gasteiger partial charge >= 0.3 is 0 Å². The Kier molecular flexibility index (Phi) is 7.06. The maximum Gasteiger partial charge on any atom is 0.263 e. The Bertz CT molecular complexity index is 745. The first-order valence-electron chi connectivity index (χ1n) is 8.63. The van der Waals surface area contributed by atoms with Crippen molar-refractivity contribution in [1.82, 2.24) is 19.8 Å². The second kappa shape index (κ2) is 9.05. The molecule has 0 aliphatic heterocycles. The summed E-state index contributed by atoms with van der Waals surface area (Å²) in [6.07, 6.45) is 1.05. The van der Waals surface area contributed by atoms with Crippen molar-refractivity contribution in [2.75, 3.05) is 27.2 Å². The van der Waals surface area contributed by atoms with Gasteiger partial charge in [-0.05, 0) is 58.6 Å². The summed E-state index contributed by atoms with van der Waals surface area (Å²) in [5, 5.41) is 0.649. The number of ether oxygens (including phenoxy) is 1. The molecule has 6 nitrogen and oxygen atoms in total.